The highest BCUT2D eigenvalue weighted by atomic mass is 19.1. The Kier molecular flexibility index (Phi) is 3.34. The Labute approximate surface area is 89.2 Å². The molecule has 2 N–H and O–H groups in total. The molecule has 2 nitrogen and oxygen atoms in total. The van der Waals surface area contributed by atoms with Crippen LogP contribution in [0.5, 0.6) is 0 Å². The molecule has 0 unspecified atom stereocenters. The Hall–Kier alpha value is -0.930. The van der Waals surface area contributed by atoms with E-state index in [2.05, 4.69) is 0 Å². The molecule has 1 fully saturated rings. The average molecular weight is 209 g/mol. The monoisotopic (exact) mass is 209 g/mol. The molecule has 0 aliphatic carbocycles. The number of rotatable bonds is 2. The molecule has 0 radical (unpaired) electrons. The van der Waals surface area contributed by atoms with Crippen LogP contribution < -0.4 is 5.73 Å². The fourth-order valence-electron chi connectivity index (χ4n) is 1.95. The zero-order valence-corrected chi connectivity index (χ0v) is 8.66. The van der Waals surface area contributed by atoms with E-state index in [4.69, 9.17) is 10.5 Å². The van der Waals surface area contributed by atoms with Crippen LogP contribution in [0.2, 0.25) is 0 Å². The molecule has 1 aliphatic heterocycles. The standard InChI is InChI=1S/C12H16FNO/c13-11-3-1-9(2-4-11)7-10-8-15-6-5-12(10)14/h1-4,10,12H,5-8,14H2/t10-,12+/m1/s1. The summed E-state index contributed by atoms with van der Waals surface area (Å²) in [6.45, 7) is 1.49. The Morgan fingerprint density at radius 1 is 1.33 bits per heavy atom. The average Bonchev–Trinajstić information content (AvgIpc) is 2.25. The SMILES string of the molecule is N[C@H]1CCOC[C@H]1Cc1ccc(F)cc1. The van der Waals surface area contributed by atoms with Crippen molar-refractivity contribution >= 4 is 0 Å². The van der Waals surface area contributed by atoms with Gasteiger partial charge < -0.3 is 10.5 Å². The van der Waals surface area contributed by atoms with Gasteiger partial charge in [-0.3, -0.25) is 0 Å². The molecule has 2 rings (SSSR count). The predicted molar refractivity (Wildman–Crippen MR) is 57.0 cm³/mol. The summed E-state index contributed by atoms with van der Waals surface area (Å²) in [6, 6.07) is 6.83. The number of benzene rings is 1. The topological polar surface area (TPSA) is 35.2 Å². The fourth-order valence-corrected chi connectivity index (χ4v) is 1.95. The van der Waals surface area contributed by atoms with Crippen molar-refractivity contribution in [2.24, 2.45) is 11.7 Å². The third-order valence-electron chi connectivity index (χ3n) is 2.94. The van der Waals surface area contributed by atoms with E-state index < -0.39 is 0 Å². The van der Waals surface area contributed by atoms with E-state index in [1.165, 1.54) is 12.1 Å². The number of hydrogen-bond acceptors (Lipinski definition) is 2. The predicted octanol–water partition coefficient (Wildman–Crippen LogP) is 1.73. The van der Waals surface area contributed by atoms with Gasteiger partial charge in [-0.15, -0.1) is 0 Å². The highest BCUT2D eigenvalue weighted by Gasteiger charge is 2.22. The third-order valence-corrected chi connectivity index (χ3v) is 2.94. The first-order chi connectivity index (χ1) is 7.25. The molecule has 82 valence electrons. The van der Waals surface area contributed by atoms with Crippen molar-refractivity contribution < 1.29 is 9.13 Å². The van der Waals surface area contributed by atoms with Crippen LogP contribution in [-0.2, 0) is 11.2 Å². The minimum atomic E-state index is -0.192. The number of ether oxygens (including phenoxy) is 1. The van der Waals surface area contributed by atoms with Gasteiger partial charge in [0.15, 0.2) is 0 Å². The first-order valence-electron chi connectivity index (χ1n) is 5.33. The molecular formula is C12H16FNO. The molecule has 1 aromatic rings. The van der Waals surface area contributed by atoms with Gasteiger partial charge in [-0.25, -0.2) is 4.39 Å². The maximum absolute atomic E-state index is 12.7. The zero-order valence-electron chi connectivity index (χ0n) is 8.66. The van der Waals surface area contributed by atoms with E-state index >= 15 is 0 Å². The number of halogens is 1. The van der Waals surface area contributed by atoms with E-state index in [1.807, 2.05) is 12.1 Å². The molecule has 0 aromatic heterocycles. The van der Waals surface area contributed by atoms with Gasteiger partial charge in [0.25, 0.3) is 0 Å². The Bertz CT molecular complexity index is 312. The van der Waals surface area contributed by atoms with Crippen LogP contribution in [0.1, 0.15) is 12.0 Å². The van der Waals surface area contributed by atoms with Crippen LogP contribution in [0.3, 0.4) is 0 Å². The third kappa shape index (κ3) is 2.76. The van der Waals surface area contributed by atoms with Crippen LogP contribution in [0.15, 0.2) is 24.3 Å². The Balaban J connectivity index is 1.98. The summed E-state index contributed by atoms with van der Waals surface area (Å²) in [7, 11) is 0. The lowest BCUT2D eigenvalue weighted by Gasteiger charge is -2.28. The number of nitrogens with two attached hydrogens (primary N) is 1. The van der Waals surface area contributed by atoms with E-state index in [9.17, 15) is 4.39 Å². The molecule has 1 heterocycles. The quantitative estimate of drug-likeness (QED) is 0.805. The molecule has 1 aromatic carbocycles. The van der Waals surface area contributed by atoms with Crippen molar-refractivity contribution in [3.05, 3.63) is 35.6 Å². The first kappa shape index (κ1) is 10.6. The molecular weight excluding hydrogens is 193 g/mol. The van der Waals surface area contributed by atoms with E-state index in [1.54, 1.807) is 0 Å². The van der Waals surface area contributed by atoms with E-state index in [-0.39, 0.29) is 11.9 Å². The molecule has 15 heavy (non-hydrogen) atoms. The van der Waals surface area contributed by atoms with Gasteiger partial charge >= 0.3 is 0 Å². The van der Waals surface area contributed by atoms with Gasteiger partial charge in [0.2, 0.25) is 0 Å². The van der Waals surface area contributed by atoms with Gasteiger partial charge in [0.1, 0.15) is 5.82 Å². The van der Waals surface area contributed by atoms with Gasteiger partial charge in [-0.1, -0.05) is 12.1 Å². The minimum Gasteiger partial charge on any atom is -0.381 e. The summed E-state index contributed by atoms with van der Waals surface area (Å²) in [5.41, 5.74) is 7.13. The van der Waals surface area contributed by atoms with E-state index in [0.717, 1.165) is 31.6 Å². The van der Waals surface area contributed by atoms with Crippen molar-refractivity contribution in [2.45, 2.75) is 18.9 Å². The highest BCUT2D eigenvalue weighted by Crippen LogP contribution is 2.18. The van der Waals surface area contributed by atoms with Crippen molar-refractivity contribution in [2.75, 3.05) is 13.2 Å². The van der Waals surface area contributed by atoms with Crippen LogP contribution in [0, 0.1) is 11.7 Å². The maximum atomic E-state index is 12.7. The molecule has 3 heteroatoms. The van der Waals surface area contributed by atoms with Crippen molar-refractivity contribution in [1.82, 2.24) is 0 Å². The van der Waals surface area contributed by atoms with Crippen LogP contribution in [-0.4, -0.2) is 19.3 Å². The first-order valence-corrected chi connectivity index (χ1v) is 5.33. The normalized spacial score (nSPS) is 26.5. The molecule has 1 aliphatic rings. The summed E-state index contributed by atoms with van der Waals surface area (Å²) in [6.07, 6.45) is 1.80. The lowest BCUT2D eigenvalue weighted by atomic mass is 9.90. The summed E-state index contributed by atoms with van der Waals surface area (Å²) < 4.78 is 18.1. The van der Waals surface area contributed by atoms with Crippen LogP contribution in [0.25, 0.3) is 0 Å². The fraction of sp³-hybridized carbons (Fsp3) is 0.500. The zero-order chi connectivity index (χ0) is 10.7. The summed E-state index contributed by atoms with van der Waals surface area (Å²) in [5, 5.41) is 0. The molecule has 1 saturated heterocycles. The second-order valence-electron chi connectivity index (χ2n) is 4.12. The van der Waals surface area contributed by atoms with Crippen molar-refractivity contribution in [1.29, 1.82) is 0 Å². The van der Waals surface area contributed by atoms with Gasteiger partial charge in [-0.2, -0.15) is 0 Å². The van der Waals surface area contributed by atoms with Gasteiger partial charge in [0, 0.05) is 18.6 Å². The van der Waals surface area contributed by atoms with Crippen molar-refractivity contribution in [3.63, 3.8) is 0 Å². The number of hydrogen-bond donors (Lipinski definition) is 1. The minimum absolute atomic E-state index is 0.192. The smallest absolute Gasteiger partial charge is 0.123 e. The Morgan fingerprint density at radius 2 is 2.07 bits per heavy atom. The molecule has 0 spiro atoms. The lowest BCUT2D eigenvalue weighted by Crippen LogP contribution is -2.39. The Morgan fingerprint density at radius 3 is 2.73 bits per heavy atom. The van der Waals surface area contributed by atoms with Crippen molar-refractivity contribution in [3.8, 4) is 0 Å². The second-order valence-corrected chi connectivity index (χ2v) is 4.12. The lowest BCUT2D eigenvalue weighted by molar-refractivity contribution is 0.0422. The van der Waals surface area contributed by atoms with Gasteiger partial charge in [0.05, 0.1) is 6.61 Å². The maximum Gasteiger partial charge on any atom is 0.123 e. The molecule has 0 bridgehead atoms. The summed E-state index contributed by atoms with van der Waals surface area (Å²) in [4.78, 5) is 0. The van der Waals surface area contributed by atoms with Gasteiger partial charge in [-0.05, 0) is 30.5 Å². The summed E-state index contributed by atoms with van der Waals surface area (Å²) in [5.74, 6) is 0.173. The summed E-state index contributed by atoms with van der Waals surface area (Å²) >= 11 is 0. The van der Waals surface area contributed by atoms with Crippen LogP contribution in [0.4, 0.5) is 4.39 Å². The molecule has 0 saturated carbocycles. The molecule has 2 atom stereocenters. The van der Waals surface area contributed by atoms with E-state index in [0.29, 0.717) is 5.92 Å². The highest BCUT2D eigenvalue weighted by molar-refractivity contribution is 5.17. The molecule has 0 amide bonds. The largest absolute Gasteiger partial charge is 0.381 e. The van der Waals surface area contributed by atoms with Crippen LogP contribution >= 0.6 is 0 Å². The second kappa shape index (κ2) is 4.73.